The Bertz CT molecular complexity index is 1560. The highest BCUT2D eigenvalue weighted by Crippen LogP contribution is 2.80. The Morgan fingerprint density at radius 2 is 1.80 bits per heavy atom. The Morgan fingerprint density at radius 3 is 2.43 bits per heavy atom. The number of benzene rings is 1. The summed E-state index contributed by atoms with van der Waals surface area (Å²) in [5.41, 5.74) is -4.17. The van der Waals surface area contributed by atoms with E-state index < -0.39 is 46.1 Å². The molecule has 2 N–H and O–H groups in total. The van der Waals surface area contributed by atoms with E-state index in [1.807, 2.05) is 0 Å². The quantitative estimate of drug-likeness (QED) is 0.292. The number of nitrogens with zero attached hydrogens (tertiary/aromatic N) is 2. The van der Waals surface area contributed by atoms with Crippen LogP contribution >= 0.6 is 0 Å². The lowest BCUT2D eigenvalue weighted by molar-refractivity contribution is -0.320. The average Bonchev–Trinajstić information content (AvgIpc) is 3.63. The van der Waals surface area contributed by atoms with Crippen LogP contribution in [0.25, 0.3) is 0 Å². The van der Waals surface area contributed by atoms with Crippen LogP contribution in [0, 0.1) is 40.4 Å². The van der Waals surface area contributed by atoms with Crippen molar-refractivity contribution in [2.75, 3.05) is 53.0 Å². The summed E-state index contributed by atoms with van der Waals surface area (Å²) < 4.78 is 31.4. The second kappa shape index (κ2) is 11.3. The van der Waals surface area contributed by atoms with Crippen LogP contribution in [0.3, 0.4) is 0 Å². The number of anilines is 1. The maximum absolute atomic E-state index is 14.1. The minimum absolute atomic E-state index is 0.0358. The van der Waals surface area contributed by atoms with Gasteiger partial charge in [-0.15, -0.1) is 0 Å². The third-order valence-corrected chi connectivity index (χ3v) is 14.5. The summed E-state index contributed by atoms with van der Waals surface area (Å²) in [6.45, 7) is 4.95. The first-order valence-electron chi connectivity index (χ1n) is 17.9. The van der Waals surface area contributed by atoms with Crippen LogP contribution in [0.5, 0.6) is 0 Å². The first kappa shape index (κ1) is 33.7. The van der Waals surface area contributed by atoms with Crippen molar-refractivity contribution >= 4 is 23.5 Å². The number of piperidine rings is 1. The summed E-state index contributed by atoms with van der Waals surface area (Å²) >= 11 is 0. The van der Waals surface area contributed by atoms with Crippen LogP contribution < -0.4 is 4.90 Å². The highest BCUT2D eigenvalue weighted by Gasteiger charge is 2.91. The van der Waals surface area contributed by atoms with Gasteiger partial charge in [0.15, 0.2) is 0 Å². The molecule has 49 heavy (non-hydrogen) atoms. The Morgan fingerprint density at radius 1 is 1.04 bits per heavy atom. The molecule has 5 saturated carbocycles. The number of carbonyl (C=O) groups is 3. The normalized spacial score (nSPS) is 48.0. The molecule has 1 aromatic rings. The molecule has 1 aromatic carbocycles. The molecular formula is C37H50N2O10. The van der Waals surface area contributed by atoms with Crippen LogP contribution in [-0.4, -0.2) is 123 Å². The SMILES string of the molecule is CCN1C[C@]2(COC(=O)c3ccccc3N3C(=O)C[C@H](C)C3=O)CC[C@H](OC)C34C5C[C@@H]6[C@@H](OC)C[C@@](O)(C5[C@H]6OC)[C@@](O)(C13)[C@@H](OC)[C@@H]42. The highest BCUT2D eigenvalue weighted by molar-refractivity contribution is 6.22. The van der Waals surface area contributed by atoms with Crippen molar-refractivity contribution in [1.29, 1.82) is 0 Å². The first-order chi connectivity index (χ1) is 23.4. The van der Waals surface area contributed by atoms with Gasteiger partial charge >= 0.3 is 5.97 Å². The lowest BCUT2D eigenvalue weighted by Gasteiger charge is -2.70. The average molecular weight is 683 g/mol. The molecule has 12 heteroatoms. The number of methoxy groups -OCH3 is 4. The number of aliphatic hydroxyl groups is 2. The van der Waals surface area contributed by atoms with Crippen molar-refractivity contribution in [2.24, 2.45) is 40.4 Å². The number of carbonyl (C=O) groups excluding carboxylic acids is 3. The fourth-order valence-corrected chi connectivity index (χ4v) is 13.2. The smallest absolute Gasteiger partial charge is 0.340 e. The van der Waals surface area contributed by atoms with E-state index in [0.29, 0.717) is 25.9 Å². The number of para-hydroxylation sites is 1. The molecule has 14 atom stereocenters. The molecule has 2 aliphatic heterocycles. The Kier molecular flexibility index (Phi) is 7.75. The van der Waals surface area contributed by atoms with Crippen LogP contribution in [0.1, 0.15) is 56.3 Å². The second-order valence-electron chi connectivity index (χ2n) is 16.0. The topological polar surface area (TPSA) is 144 Å². The van der Waals surface area contributed by atoms with Gasteiger partial charge < -0.3 is 33.9 Å². The van der Waals surface area contributed by atoms with E-state index in [-0.39, 0.29) is 84.5 Å². The number of ether oxygens (including phenoxy) is 5. The number of imide groups is 1. The maximum atomic E-state index is 14.1. The number of likely N-dealkylation sites (tertiary alicyclic amines) is 1. The van der Waals surface area contributed by atoms with Gasteiger partial charge in [-0.25, -0.2) is 9.69 Å². The molecule has 7 bridgehead atoms. The molecule has 268 valence electrons. The summed E-state index contributed by atoms with van der Waals surface area (Å²) in [5.74, 6) is -2.47. The minimum atomic E-state index is -1.70. The number of hydrogen-bond acceptors (Lipinski definition) is 11. The molecule has 12 nitrogen and oxygen atoms in total. The monoisotopic (exact) mass is 682 g/mol. The number of likely N-dealkylation sites (N-methyl/N-ethyl adjacent to an activating group) is 1. The van der Waals surface area contributed by atoms with Crippen molar-refractivity contribution < 1.29 is 48.3 Å². The Hall–Kier alpha value is -2.45. The number of rotatable bonds is 9. The summed E-state index contributed by atoms with van der Waals surface area (Å²) in [6.07, 6.45) is 0.813. The number of hydrogen-bond donors (Lipinski definition) is 2. The van der Waals surface area contributed by atoms with E-state index in [1.165, 1.54) is 0 Å². The summed E-state index contributed by atoms with van der Waals surface area (Å²) in [4.78, 5) is 43.3. The molecule has 5 aliphatic carbocycles. The van der Waals surface area contributed by atoms with E-state index in [0.717, 1.165) is 11.3 Å². The molecule has 7 aliphatic rings. The van der Waals surface area contributed by atoms with Crippen molar-refractivity contribution in [1.82, 2.24) is 4.90 Å². The Labute approximate surface area is 287 Å². The minimum Gasteiger partial charge on any atom is -0.461 e. The van der Waals surface area contributed by atoms with E-state index in [9.17, 15) is 24.6 Å². The molecule has 0 radical (unpaired) electrons. The van der Waals surface area contributed by atoms with E-state index >= 15 is 0 Å². The van der Waals surface area contributed by atoms with Gasteiger partial charge in [0.25, 0.3) is 0 Å². The van der Waals surface area contributed by atoms with Gasteiger partial charge in [0, 0.05) is 82.3 Å². The number of fused-ring (bicyclic) bond motifs is 2. The highest BCUT2D eigenvalue weighted by atomic mass is 16.5. The molecule has 0 aromatic heterocycles. The molecule has 4 unspecified atom stereocenters. The zero-order valence-electron chi connectivity index (χ0n) is 29.3. The zero-order chi connectivity index (χ0) is 34.8. The van der Waals surface area contributed by atoms with Crippen LogP contribution in [0.2, 0.25) is 0 Å². The fraction of sp³-hybridized carbons (Fsp3) is 0.757. The first-order valence-corrected chi connectivity index (χ1v) is 17.9. The summed E-state index contributed by atoms with van der Waals surface area (Å²) in [7, 11) is 6.70. The fourth-order valence-electron chi connectivity index (χ4n) is 13.2. The predicted molar refractivity (Wildman–Crippen MR) is 174 cm³/mol. The maximum Gasteiger partial charge on any atom is 0.340 e. The molecular weight excluding hydrogens is 632 g/mol. The molecule has 2 amide bonds. The second-order valence-corrected chi connectivity index (χ2v) is 16.0. The number of amides is 2. The summed E-state index contributed by atoms with van der Waals surface area (Å²) in [5, 5.41) is 26.6. The molecule has 7 fully saturated rings. The lowest BCUT2D eigenvalue weighted by Crippen LogP contribution is -2.82. The van der Waals surface area contributed by atoms with E-state index in [2.05, 4.69) is 11.8 Å². The van der Waals surface area contributed by atoms with Crippen molar-refractivity contribution in [3.05, 3.63) is 29.8 Å². The molecule has 2 heterocycles. The van der Waals surface area contributed by atoms with Gasteiger partial charge in [-0.2, -0.15) is 0 Å². The molecule has 1 spiro atoms. The third-order valence-electron chi connectivity index (χ3n) is 14.5. The van der Waals surface area contributed by atoms with Crippen molar-refractivity contribution in [2.45, 2.75) is 87.6 Å². The van der Waals surface area contributed by atoms with Gasteiger partial charge in [0.05, 0.1) is 48.3 Å². The predicted octanol–water partition coefficient (Wildman–Crippen LogP) is 2.04. The van der Waals surface area contributed by atoms with Gasteiger partial charge in [-0.1, -0.05) is 26.0 Å². The number of esters is 1. The van der Waals surface area contributed by atoms with E-state index in [1.54, 1.807) is 59.6 Å². The largest absolute Gasteiger partial charge is 0.461 e. The van der Waals surface area contributed by atoms with Gasteiger partial charge in [0.2, 0.25) is 11.8 Å². The van der Waals surface area contributed by atoms with Crippen LogP contribution in [-0.2, 0) is 33.3 Å². The zero-order valence-corrected chi connectivity index (χ0v) is 29.3. The van der Waals surface area contributed by atoms with Gasteiger partial charge in [0.1, 0.15) is 11.2 Å². The third kappa shape index (κ3) is 3.86. The lowest BCUT2D eigenvalue weighted by atomic mass is 9.42. The summed E-state index contributed by atoms with van der Waals surface area (Å²) in [6, 6.07) is 6.12. The van der Waals surface area contributed by atoms with Crippen LogP contribution in [0.4, 0.5) is 5.69 Å². The van der Waals surface area contributed by atoms with Gasteiger partial charge in [-0.05, 0) is 43.9 Å². The van der Waals surface area contributed by atoms with Crippen molar-refractivity contribution in [3.63, 3.8) is 0 Å². The van der Waals surface area contributed by atoms with Gasteiger partial charge in [-0.3, -0.25) is 14.5 Å². The molecule has 8 rings (SSSR count). The standard InChI is InChI=1S/C37H50N2O10/c1-7-38-17-34(18-49-32(42)20-10-8-9-11-23(20)39-26(40)14-19(2)31(39)41)13-12-25(46-4)36-22-15-21-24(45-3)16-35(43,27(22)28(21)47-5)37(44,33(36)38)30(48-6)29(34)36/h8-11,19,21-22,24-25,27-30,33,43-44H,7,12-18H2,1-6H3/t19-,21+,22?,24-,25-,27?,28-,29+,30-,33?,34-,35+,36?,37-/m0/s1. The molecule has 2 saturated heterocycles. The van der Waals surface area contributed by atoms with Crippen molar-refractivity contribution in [3.8, 4) is 0 Å². The van der Waals surface area contributed by atoms with Crippen LogP contribution in [0.15, 0.2) is 24.3 Å². The van der Waals surface area contributed by atoms with E-state index in [4.69, 9.17) is 23.7 Å². The Balaban J connectivity index is 1.23.